The zero-order valence-corrected chi connectivity index (χ0v) is 21.7. The number of fused-ring (bicyclic) bond motifs is 1. The molecule has 2 aromatic heterocycles. The maximum atomic E-state index is 12.8. The molecule has 1 saturated carbocycles. The van der Waals surface area contributed by atoms with E-state index in [9.17, 15) is 14.7 Å². The van der Waals surface area contributed by atoms with Crippen LogP contribution in [0.5, 0.6) is 0 Å². The molecule has 9 heteroatoms. The Morgan fingerprint density at radius 2 is 2.11 bits per heavy atom. The topological polar surface area (TPSA) is 118 Å². The molecule has 3 N–H and O–H groups in total. The van der Waals surface area contributed by atoms with Crippen LogP contribution in [0, 0.1) is 5.92 Å². The van der Waals surface area contributed by atoms with Crippen LogP contribution in [-0.2, 0) is 29.4 Å². The summed E-state index contributed by atoms with van der Waals surface area (Å²) >= 11 is 0. The van der Waals surface area contributed by atoms with Crippen molar-refractivity contribution in [2.45, 2.75) is 57.1 Å². The van der Waals surface area contributed by atoms with Crippen molar-refractivity contribution in [2.75, 3.05) is 18.5 Å². The molecule has 0 radical (unpaired) electrons. The maximum absolute atomic E-state index is 12.8. The second-order valence-corrected chi connectivity index (χ2v) is 10.3. The van der Waals surface area contributed by atoms with Gasteiger partial charge in [0, 0.05) is 49.6 Å². The van der Waals surface area contributed by atoms with Crippen LogP contribution in [0.2, 0.25) is 0 Å². The van der Waals surface area contributed by atoms with Crippen molar-refractivity contribution < 1.29 is 19.4 Å². The van der Waals surface area contributed by atoms with Crippen molar-refractivity contribution in [3.05, 3.63) is 65.6 Å². The minimum absolute atomic E-state index is 0.152. The van der Waals surface area contributed by atoms with Crippen LogP contribution >= 0.6 is 0 Å². The summed E-state index contributed by atoms with van der Waals surface area (Å²) in [6.07, 6.45) is 10.2. The fraction of sp³-hybridized carbons (Fsp3) is 0.448. The molecule has 1 atom stereocenters. The third kappa shape index (κ3) is 6.39. The van der Waals surface area contributed by atoms with Crippen molar-refractivity contribution in [1.82, 2.24) is 20.1 Å². The average Bonchev–Trinajstić information content (AvgIpc) is 3.34. The Morgan fingerprint density at radius 3 is 2.89 bits per heavy atom. The third-order valence-corrected chi connectivity index (χ3v) is 7.48. The molecule has 0 bridgehead atoms. The number of anilines is 1. The highest BCUT2D eigenvalue weighted by Gasteiger charge is 2.30. The van der Waals surface area contributed by atoms with Crippen LogP contribution in [-0.4, -0.2) is 57.0 Å². The molecule has 1 unspecified atom stereocenters. The Morgan fingerprint density at radius 1 is 1.24 bits per heavy atom. The summed E-state index contributed by atoms with van der Waals surface area (Å²) in [5.74, 6) is 0.166. The molecule has 1 aromatic carbocycles. The first-order chi connectivity index (χ1) is 18.4. The van der Waals surface area contributed by atoms with Gasteiger partial charge in [-0.1, -0.05) is 18.2 Å². The highest BCUT2D eigenvalue weighted by molar-refractivity contribution is 5.97. The molecular weight excluding hydrogens is 482 g/mol. The first kappa shape index (κ1) is 25.9. The number of amides is 1. The predicted octanol–water partition coefficient (Wildman–Crippen LogP) is 3.84. The number of nitrogens with zero attached hydrogens (tertiary/aromatic N) is 3. The summed E-state index contributed by atoms with van der Waals surface area (Å²) in [6.45, 7) is 1.29. The maximum Gasteiger partial charge on any atom is 0.326 e. The lowest BCUT2D eigenvalue weighted by atomic mass is 9.79. The lowest BCUT2D eigenvalue weighted by molar-refractivity contribution is -0.140. The number of aromatic nitrogens is 3. The van der Waals surface area contributed by atoms with Crippen LogP contribution in [0.4, 0.5) is 5.82 Å². The van der Waals surface area contributed by atoms with E-state index in [2.05, 4.69) is 27.9 Å². The molecular formula is C29H35N5O4. The fourth-order valence-electron chi connectivity index (χ4n) is 5.17. The van der Waals surface area contributed by atoms with E-state index in [0.29, 0.717) is 18.1 Å². The summed E-state index contributed by atoms with van der Waals surface area (Å²) in [6, 6.07) is 10.4. The summed E-state index contributed by atoms with van der Waals surface area (Å²) in [7, 11) is 1.83. The lowest BCUT2D eigenvalue weighted by Crippen LogP contribution is -2.42. The monoisotopic (exact) mass is 517 g/mol. The zero-order valence-electron chi connectivity index (χ0n) is 21.7. The van der Waals surface area contributed by atoms with Crippen LogP contribution in [0.25, 0.3) is 11.1 Å². The molecule has 0 saturated heterocycles. The first-order valence-electron chi connectivity index (χ1n) is 13.4. The SMILES string of the molecule is Cn1cc(-c2cccc(C(=O)NC(CCO[C@H]3C[C@H](CCc4ccc5c(n4)NCCC5)C3)C(=O)O)c2)cn1. The molecule has 3 heterocycles. The molecule has 3 aromatic rings. The number of hydrogen-bond donors (Lipinski definition) is 3. The van der Waals surface area contributed by atoms with E-state index in [0.717, 1.165) is 67.7 Å². The van der Waals surface area contributed by atoms with E-state index in [4.69, 9.17) is 9.72 Å². The molecule has 1 fully saturated rings. The average molecular weight is 518 g/mol. The minimum atomic E-state index is -1.07. The fourth-order valence-corrected chi connectivity index (χ4v) is 5.17. The number of carboxylic acids is 1. The molecule has 1 aliphatic heterocycles. The predicted molar refractivity (Wildman–Crippen MR) is 144 cm³/mol. The van der Waals surface area contributed by atoms with Gasteiger partial charge in [0.25, 0.3) is 5.91 Å². The van der Waals surface area contributed by atoms with Gasteiger partial charge < -0.3 is 20.5 Å². The molecule has 0 spiro atoms. The summed E-state index contributed by atoms with van der Waals surface area (Å²) in [5, 5.41) is 19.8. The Kier molecular flexibility index (Phi) is 8.03. The first-order valence-corrected chi connectivity index (χ1v) is 13.4. The standard InChI is InChI=1S/C29H35N5O4/c1-34-18-23(17-31-34)21-4-2-5-22(16-21)28(35)33-26(29(36)37)11-13-38-25-14-19(15-25)7-9-24-10-8-20-6-3-12-30-27(20)32-24/h2,4-5,8,10,16-19,25-26H,3,6-7,9,11-15H2,1H3,(H,30,32)(H,33,35)(H,36,37)/t19-,25-,26?. The summed E-state index contributed by atoms with van der Waals surface area (Å²) in [4.78, 5) is 29.3. The van der Waals surface area contributed by atoms with Gasteiger partial charge in [0.05, 0.1) is 12.3 Å². The second kappa shape index (κ2) is 11.8. The van der Waals surface area contributed by atoms with Gasteiger partial charge >= 0.3 is 5.97 Å². The van der Waals surface area contributed by atoms with Crippen molar-refractivity contribution in [1.29, 1.82) is 0 Å². The van der Waals surface area contributed by atoms with E-state index in [1.807, 2.05) is 19.3 Å². The Hall–Kier alpha value is -3.72. The molecule has 2 aliphatic rings. The van der Waals surface area contributed by atoms with Crippen LogP contribution in [0.3, 0.4) is 0 Å². The minimum Gasteiger partial charge on any atom is -0.480 e. The lowest BCUT2D eigenvalue weighted by Gasteiger charge is -2.35. The Labute approximate surface area is 222 Å². The number of nitrogens with one attached hydrogen (secondary N) is 2. The second-order valence-electron chi connectivity index (χ2n) is 10.3. The number of benzene rings is 1. The van der Waals surface area contributed by atoms with Crippen LogP contribution in [0.15, 0.2) is 48.8 Å². The molecule has 9 nitrogen and oxygen atoms in total. The van der Waals surface area contributed by atoms with E-state index < -0.39 is 17.9 Å². The molecule has 200 valence electrons. The number of hydrogen-bond acceptors (Lipinski definition) is 6. The zero-order chi connectivity index (χ0) is 26.5. The van der Waals surface area contributed by atoms with E-state index in [1.165, 1.54) is 5.56 Å². The molecule has 1 aliphatic carbocycles. The van der Waals surface area contributed by atoms with E-state index in [1.54, 1.807) is 29.1 Å². The van der Waals surface area contributed by atoms with Crippen molar-refractivity contribution >= 4 is 17.7 Å². The summed E-state index contributed by atoms with van der Waals surface area (Å²) < 4.78 is 7.62. The highest BCUT2D eigenvalue weighted by atomic mass is 16.5. The summed E-state index contributed by atoms with van der Waals surface area (Å²) in [5.41, 5.74) is 4.59. The van der Waals surface area contributed by atoms with Gasteiger partial charge in [-0.05, 0) is 73.8 Å². The largest absolute Gasteiger partial charge is 0.480 e. The van der Waals surface area contributed by atoms with Gasteiger partial charge in [0.15, 0.2) is 0 Å². The van der Waals surface area contributed by atoms with E-state index in [-0.39, 0.29) is 12.5 Å². The third-order valence-electron chi connectivity index (χ3n) is 7.48. The molecule has 5 rings (SSSR count). The number of carboxylic acid groups (broad SMARTS) is 1. The normalized spacial score (nSPS) is 19.1. The van der Waals surface area contributed by atoms with Gasteiger partial charge in [-0.3, -0.25) is 9.48 Å². The van der Waals surface area contributed by atoms with Gasteiger partial charge in [-0.15, -0.1) is 0 Å². The van der Waals surface area contributed by atoms with Crippen molar-refractivity contribution in [3.8, 4) is 11.1 Å². The molecule has 38 heavy (non-hydrogen) atoms. The number of aliphatic carboxylic acids is 1. The number of aryl methyl sites for hydroxylation is 3. The van der Waals surface area contributed by atoms with E-state index >= 15 is 0 Å². The molecule has 1 amide bonds. The Balaban J connectivity index is 1.03. The number of carbonyl (C=O) groups is 2. The number of carbonyl (C=O) groups excluding carboxylic acids is 1. The van der Waals surface area contributed by atoms with Crippen LogP contribution < -0.4 is 10.6 Å². The van der Waals surface area contributed by atoms with Gasteiger partial charge in [-0.25, -0.2) is 9.78 Å². The number of rotatable bonds is 11. The highest BCUT2D eigenvalue weighted by Crippen LogP contribution is 2.34. The number of pyridine rings is 1. The van der Waals surface area contributed by atoms with Gasteiger partial charge in [0.2, 0.25) is 0 Å². The Bertz CT molecular complexity index is 1280. The number of ether oxygens (including phenoxy) is 1. The van der Waals surface area contributed by atoms with Crippen molar-refractivity contribution in [2.24, 2.45) is 13.0 Å². The van der Waals surface area contributed by atoms with Crippen LogP contribution in [0.1, 0.15) is 53.7 Å². The van der Waals surface area contributed by atoms with Gasteiger partial charge in [0.1, 0.15) is 11.9 Å². The van der Waals surface area contributed by atoms with Gasteiger partial charge in [-0.2, -0.15) is 5.10 Å². The van der Waals surface area contributed by atoms with Crippen molar-refractivity contribution in [3.63, 3.8) is 0 Å². The smallest absolute Gasteiger partial charge is 0.326 e. The quantitative estimate of drug-likeness (QED) is 0.354.